The molecule has 3 aromatic rings. The number of rotatable bonds is 4. The first-order chi connectivity index (χ1) is 12.0. The van der Waals surface area contributed by atoms with Gasteiger partial charge >= 0.3 is 0 Å². The predicted molar refractivity (Wildman–Crippen MR) is 95.7 cm³/mol. The van der Waals surface area contributed by atoms with Crippen molar-refractivity contribution in [2.75, 3.05) is 0 Å². The Morgan fingerprint density at radius 2 is 1.76 bits per heavy atom. The Morgan fingerprint density at radius 3 is 2.40 bits per heavy atom. The molecule has 0 atom stereocenters. The molecule has 0 radical (unpaired) electrons. The third kappa shape index (κ3) is 3.89. The SMILES string of the molecule is CC(=O)c1nn(-c2ccc(C)cc2)/c(=N/NC(=O)c2ccccc2)s1. The van der Waals surface area contributed by atoms with Crippen molar-refractivity contribution in [3.8, 4) is 5.69 Å². The van der Waals surface area contributed by atoms with Crippen LogP contribution in [0.3, 0.4) is 0 Å². The van der Waals surface area contributed by atoms with Crippen molar-refractivity contribution < 1.29 is 9.59 Å². The van der Waals surface area contributed by atoms with Crippen LogP contribution in [0.1, 0.15) is 32.6 Å². The minimum absolute atomic E-state index is 0.151. The summed E-state index contributed by atoms with van der Waals surface area (Å²) in [4.78, 5) is 24.2. The van der Waals surface area contributed by atoms with Crippen molar-refractivity contribution in [3.63, 3.8) is 0 Å². The van der Waals surface area contributed by atoms with E-state index in [4.69, 9.17) is 0 Å². The zero-order valence-corrected chi connectivity index (χ0v) is 14.6. The molecule has 6 nitrogen and oxygen atoms in total. The van der Waals surface area contributed by atoms with Gasteiger partial charge in [-0.3, -0.25) is 9.59 Å². The molecule has 0 saturated carbocycles. The lowest BCUT2D eigenvalue weighted by atomic mass is 10.2. The number of carbonyl (C=O) groups excluding carboxylic acids is 2. The lowest BCUT2D eigenvalue weighted by molar-refractivity contribution is 0.0951. The predicted octanol–water partition coefficient (Wildman–Crippen LogP) is 2.69. The average Bonchev–Trinajstić information content (AvgIpc) is 3.05. The first kappa shape index (κ1) is 16.8. The summed E-state index contributed by atoms with van der Waals surface area (Å²) in [5, 5.41) is 8.78. The molecule has 0 aliphatic heterocycles. The average molecular weight is 352 g/mol. The third-order valence-electron chi connectivity index (χ3n) is 3.43. The fraction of sp³-hybridized carbons (Fsp3) is 0.111. The number of hydrogen-bond acceptors (Lipinski definition) is 5. The van der Waals surface area contributed by atoms with Crippen LogP contribution in [0.15, 0.2) is 59.7 Å². The van der Waals surface area contributed by atoms with Crippen LogP contribution in [0.2, 0.25) is 0 Å². The number of Topliss-reactive ketones (excluding diaryl/α,β-unsaturated/α-hetero) is 1. The van der Waals surface area contributed by atoms with Gasteiger partial charge in [-0.2, -0.15) is 5.10 Å². The van der Waals surface area contributed by atoms with Crippen molar-refractivity contribution >= 4 is 23.0 Å². The Kier molecular flexibility index (Phi) is 4.85. The number of ketones is 1. The highest BCUT2D eigenvalue weighted by molar-refractivity contribution is 7.10. The molecule has 0 saturated heterocycles. The molecule has 1 aromatic heterocycles. The Hall–Kier alpha value is -3.06. The van der Waals surface area contributed by atoms with Gasteiger partial charge in [0.2, 0.25) is 4.80 Å². The van der Waals surface area contributed by atoms with E-state index in [0.29, 0.717) is 15.4 Å². The van der Waals surface area contributed by atoms with Crippen LogP contribution in [-0.2, 0) is 0 Å². The smallest absolute Gasteiger partial charge is 0.271 e. The highest BCUT2D eigenvalue weighted by Crippen LogP contribution is 2.09. The second kappa shape index (κ2) is 7.23. The summed E-state index contributed by atoms with van der Waals surface area (Å²) in [7, 11) is 0. The van der Waals surface area contributed by atoms with Crippen LogP contribution in [0, 0.1) is 6.92 Å². The standard InChI is InChI=1S/C18H16N4O2S/c1-12-8-10-15(11-9-12)22-18(25-17(21-22)13(2)23)20-19-16(24)14-6-4-3-5-7-14/h3-11H,1-2H3,(H,19,24)/b20-18-. The summed E-state index contributed by atoms with van der Waals surface area (Å²) < 4.78 is 1.55. The van der Waals surface area contributed by atoms with E-state index in [1.165, 1.54) is 6.92 Å². The number of amides is 1. The molecular weight excluding hydrogens is 336 g/mol. The maximum atomic E-state index is 12.2. The zero-order chi connectivity index (χ0) is 17.8. The van der Waals surface area contributed by atoms with E-state index in [2.05, 4.69) is 15.6 Å². The van der Waals surface area contributed by atoms with Crippen LogP contribution < -0.4 is 10.2 Å². The molecule has 7 heteroatoms. The first-order valence-corrected chi connectivity index (χ1v) is 8.43. The fourth-order valence-corrected chi connectivity index (χ4v) is 2.87. The van der Waals surface area contributed by atoms with E-state index < -0.39 is 0 Å². The quantitative estimate of drug-likeness (QED) is 0.579. The van der Waals surface area contributed by atoms with Gasteiger partial charge in [-0.15, -0.1) is 5.10 Å². The fourth-order valence-electron chi connectivity index (χ4n) is 2.10. The molecule has 1 N–H and O–H groups in total. The number of aryl methyl sites for hydroxylation is 1. The van der Waals surface area contributed by atoms with Gasteiger partial charge < -0.3 is 0 Å². The Balaban J connectivity index is 1.98. The molecule has 0 fully saturated rings. The number of benzene rings is 2. The van der Waals surface area contributed by atoms with Gasteiger partial charge in [0.15, 0.2) is 10.8 Å². The first-order valence-electron chi connectivity index (χ1n) is 7.62. The molecule has 0 aliphatic rings. The van der Waals surface area contributed by atoms with Crippen LogP contribution in [0.5, 0.6) is 0 Å². The molecule has 25 heavy (non-hydrogen) atoms. The Bertz CT molecular complexity index is 972. The van der Waals surface area contributed by atoms with Crippen LogP contribution in [0.4, 0.5) is 0 Å². The molecule has 126 valence electrons. The van der Waals surface area contributed by atoms with E-state index in [1.54, 1.807) is 28.9 Å². The van der Waals surface area contributed by atoms with Crippen molar-refractivity contribution in [2.24, 2.45) is 5.10 Å². The summed E-state index contributed by atoms with van der Waals surface area (Å²) in [6.07, 6.45) is 0. The third-order valence-corrected chi connectivity index (χ3v) is 4.44. The van der Waals surface area contributed by atoms with Gasteiger partial charge in [-0.25, -0.2) is 10.1 Å². The lowest BCUT2D eigenvalue weighted by Gasteiger charge is -2.02. The largest absolute Gasteiger partial charge is 0.292 e. The normalized spacial score (nSPS) is 11.4. The highest BCUT2D eigenvalue weighted by atomic mass is 32.1. The summed E-state index contributed by atoms with van der Waals surface area (Å²) in [6, 6.07) is 16.5. The number of aromatic nitrogens is 2. The van der Waals surface area contributed by atoms with Gasteiger partial charge in [-0.05, 0) is 31.2 Å². The molecule has 0 bridgehead atoms. The highest BCUT2D eigenvalue weighted by Gasteiger charge is 2.11. The summed E-state index contributed by atoms with van der Waals surface area (Å²) in [6.45, 7) is 3.44. The van der Waals surface area contributed by atoms with Crippen molar-refractivity contribution in [1.29, 1.82) is 0 Å². The van der Waals surface area contributed by atoms with Gasteiger partial charge in [0.25, 0.3) is 5.91 Å². The number of carbonyl (C=O) groups is 2. The van der Waals surface area contributed by atoms with Gasteiger partial charge in [0.05, 0.1) is 5.69 Å². The van der Waals surface area contributed by atoms with Gasteiger partial charge in [0, 0.05) is 12.5 Å². The molecule has 3 rings (SSSR count). The number of nitrogens with zero attached hydrogens (tertiary/aromatic N) is 3. The van der Waals surface area contributed by atoms with E-state index in [-0.39, 0.29) is 11.7 Å². The van der Waals surface area contributed by atoms with Crippen LogP contribution in [-0.4, -0.2) is 21.5 Å². The summed E-state index contributed by atoms with van der Waals surface area (Å²) in [5.41, 5.74) is 4.90. The molecule has 0 spiro atoms. The minimum Gasteiger partial charge on any atom is -0.292 e. The van der Waals surface area contributed by atoms with Crippen molar-refractivity contribution in [2.45, 2.75) is 13.8 Å². The second-order valence-electron chi connectivity index (χ2n) is 5.41. The van der Waals surface area contributed by atoms with Crippen LogP contribution in [0.25, 0.3) is 5.69 Å². The summed E-state index contributed by atoms with van der Waals surface area (Å²) in [5.74, 6) is -0.476. The second-order valence-corrected chi connectivity index (χ2v) is 6.37. The summed E-state index contributed by atoms with van der Waals surface area (Å²) >= 11 is 1.12. The van der Waals surface area contributed by atoms with E-state index in [1.807, 2.05) is 37.3 Å². The maximum absolute atomic E-state index is 12.2. The molecule has 1 heterocycles. The maximum Gasteiger partial charge on any atom is 0.271 e. The van der Waals surface area contributed by atoms with Gasteiger partial charge in [-0.1, -0.05) is 47.2 Å². The van der Waals surface area contributed by atoms with Gasteiger partial charge in [0.1, 0.15) is 0 Å². The molecular formula is C18H16N4O2S. The minimum atomic E-state index is -0.325. The Morgan fingerprint density at radius 1 is 1.08 bits per heavy atom. The number of hydrogen-bond donors (Lipinski definition) is 1. The zero-order valence-electron chi connectivity index (χ0n) is 13.8. The van der Waals surface area contributed by atoms with Crippen molar-refractivity contribution in [1.82, 2.24) is 15.2 Å². The lowest BCUT2D eigenvalue weighted by Crippen LogP contribution is -2.24. The molecule has 0 unspecified atom stereocenters. The Labute approximate surface area is 148 Å². The van der Waals surface area contributed by atoms with E-state index in [0.717, 1.165) is 22.6 Å². The van der Waals surface area contributed by atoms with Crippen LogP contribution >= 0.6 is 11.3 Å². The monoisotopic (exact) mass is 352 g/mol. The van der Waals surface area contributed by atoms with E-state index >= 15 is 0 Å². The van der Waals surface area contributed by atoms with E-state index in [9.17, 15) is 9.59 Å². The van der Waals surface area contributed by atoms with Crippen molar-refractivity contribution in [3.05, 3.63) is 75.5 Å². The number of nitrogens with one attached hydrogen (secondary N) is 1. The topological polar surface area (TPSA) is 76.3 Å². The molecule has 0 aliphatic carbocycles. The molecule has 2 aromatic carbocycles. The molecule has 1 amide bonds.